The largest absolute Gasteiger partial charge is 0.478 e. The molecule has 0 saturated carbocycles. The van der Waals surface area contributed by atoms with Gasteiger partial charge < -0.3 is 10.0 Å². The number of carboxylic acids is 1. The van der Waals surface area contributed by atoms with Crippen LogP contribution in [0.5, 0.6) is 0 Å². The Bertz CT molecular complexity index is 531. The third kappa shape index (κ3) is 1.93. The van der Waals surface area contributed by atoms with E-state index in [9.17, 15) is 9.59 Å². The number of rotatable bonds is 2. The Kier molecular flexibility index (Phi) is 2.71. The number of anilines is 1. The molecule has 0 radical (unpaired) electrons. The summed E-state index contributed by atoms with van der Waals surface area (Å²) in [7, 11) is 0. The van der Waals surface area contributed by atoms with E-state index in [0.29, 0.717) is 12.2 Å². The van der Waals surface area contributed by atoms with Gasteiger partial charge in [-0.05, 0) is 37.6 Å². The first-order valence-corrected chi connectivity index (χ1v) is 5.32. The van der Waals surface area contributed by atoms with Crippen LogP contribution in [-0.2, 0) is 4.79 Å². The fourth-order valence-electron chi connectivity index (χ4n) is 1.83. The summed E-state index contributed by atoms with van der Waals surface area (Å²) < 4.78 is 0. The summed E-state index contributed by atoms with van der Waals surface area (Å²) in [6, 6.07) is 6.43. The fraction of sp³-hybridized carbons (Fsp3) is 0.231. The molecule has 4 heteroatoms. The van der Waals surface area contributed by atoms with Crippen LogP contribution in [0, 0.1) is 0 Å². The number of carboxylic acid groups (broad SMARTS) is 1. The Balaban J connectivity index is 2.34. The highest BCUT2D eigenvalue weighted by atomic mass is 16.4. The zero-order valence-electron chi connectivity index (χ0n) is 9.73. The van der Waals surface area contributed by atoms with Crippen LogP contribution in [-0.4, -0.2) is 23.5 Å². The maximum Gasteiger partial charge on any atom is 0.335 e. The number of carbonyl (C=O) groups excluding carboxylic acids is 1. The summed E-state index contributed by atoms with van der Waals surface area (Å²) in [6.45, 7) is 4.24. The number of carbonyl (C=O) groups is 2. The molecule has 0 unspecified atom stereocenters. The molecule has 17 heavy (non-hydrogen) atoms. The molecule has 0 fully saturated rings. The van der Waals surface area contributed by atoms with Crippen molar-refractivity contribution in [3.8, 4) is 0 Å². The first-order valence-electron chi connectivity index (χ1n) is 5.32. The van der Waals surface area contributed by atoms with E-state index < -0.39 is 5.97 Å². The van der Waals surface area contributed by atoms with Crippen molar-refractivity contribution in [3.63, 3.8) is 0 Å². The monoisotopic (exact) mass is 231 g/mol. The van der Waals surface area contributed by atoms with Crippen LogP contribution in [0.2, 0.25) is 0 Å². The first kappa shape index (κ1) is 11.4. The second-order valence-corrected chi connectivity index (χ2v) is 4.15. The van der Waals surface area contributed by atoms with Crippen molar-refractivity contribution in [2.24, 2.45) is 0 Å². The van der Waals surface area contributed by atoms with Gasteiger partial charge in [0.25, 0.3) is 5.91 Å². The normalized spacial score (nSPS) is 15.6. The van der Waals surface area contributed by atoms with Gasteiger partial charge in [-0.15, -0.1) is 0 Å². The lowest BCUT2D eigenvalue weighted by Crippen LogP contribution is -2.26. The van der Waals surface area contributed by atoms with E-state index in [1.165, 1.54) is 12.1 Å². The van der Waals surface area contributed by atoms with Gasteiger partial charge in [-0.2, -0.15) is 0 Å². The van der Waals surface area contributed by atoms with Gasteiger partial charge in [0, 0.05) is 17.8 Å². The average molecular weight is 231 g/mol. The van der Waals surface area contributed by atoms with Gasteiger partial charge in [-0.3, -0.25) is 4.79 Å². The minimum atomic E-state index is -0.986. The summed E-state index contributed by atoms with van der Waals surface area (Å²) in [5.41, 5.74) is 2.59. The molecular formula is C13H13NO3. The molecule has 1 aromatic rings. The van der Waals surface area contributed by atoms with E-state index in [1.807, 2.05) is 6.92 Å². The van der Waals surface area contributed by atoms with Crippen molar-refractivity contribution >= 4 is 17.6 Å². The van der Waals surface area contributed by atoms with Gasteiger partial charge in [0.15, 0.2) is 0 Å². The predicted octanol–water partition coefficient (Wildman–Crippen LogP) is 2.07. The molecule has 1 amide bonds. The molecule has 1 heterocycles. The summed E-state index contributed by atoms with van der Waals surface area (Å²) in [5.74, 6) is -1.04. The molecule has 4 nitrogen and oxygen atoms in total. The third-order valence-corrected chi connectivity index (χ3v) is 3.01. The standard InChI is InChI=1S/C13H13NO3/c1-8-7-14(12(15)9(8)2)11-5-3-4-10(6-11)13(16)17/h3-6H,7H2,1-2H3,(H,16,17). The second-order valence-electron chi connectivity index (χ2n) is 4.15. The van der Waals surface area contributed by atoms with Gasteiger partial charge in [0.2, 0.25) is 0 Å². The highest BCUT2D eigenvalue weighted by molar-refractivity contribution is 6.09. The predicted molar refractivity (Wildman–Crippen MR) is 64.1 cm³/mol. The van der Waals surface area contributed by atoms with Gasteiger partial charge >= 0.3 is 5.97 Å². The van der Waals surface area contributed by atoms with Crippen LogP contribution in [0.1, 0.15) is 24.2 Å². The Labute approximate surface area is 99.2 Å². The van der Waals surface area contributed by atoms with Crippen molar-refractivity contribution in [2.45, 2.75) is 13.8 Å². The number of hydrogen-bond acceptors (Lipinski definition) is 2. The van der Waals surface area contributed by atoms with E-state index >= 15 is 0 Å². The molecule has 2 rings (SSSR count). The van der Waals surface area contributed by atoms with Crippen LogP contribution >= 0.6 is 0 Å². The summed E-state index contributed by atoms with van der Waals surface area (Å²) in [6.07, 6.45) is 0. The molecule has 1 aliphatic rings. The van der Waals surface area contributed by atoms with E-state index in [4.69, 9.17) is 5.11 Å². The lowest BCUT2D eigenvalue weighted by Gasteiger charge is -2.17. The molecule has 88 valence electrons. The minimum Gasteiger partial charge on any atom is -0.478 e. The van der Waals surface area contributed by atoms with E-state index in [2.05, 4.69) is 0 Å². The lowest BCUT2D eigenvalue weighted by atomic mass is 10.2. The molecular weight excluding hydrogens is 218 g/mol. The van der Waals surface area contributed by atoms with Crippen LogP contribution in [0.25, 0.3) is 0 Å². The first-order chi connectivity index (χ1) is 8.00. The van der Waals surface area contributed by atoms with Crippen LogP contribution in [0.15, 0.2) is 35.4 Å². The van der Waals surface area contributed by atoms with Crippen LogP contribution in [0.3, 0.4) is 0 Å². The Morgan fingerprint density at radius 1 is 1.35 bits per heavy atom. The molecule has 0 spiro atoms. The lowest BCUT2D eigenvalue weighted by molar-refractivity contribution is -0.114. The summed E-state index contributed by atoms with van der Waals surface area (Å²) in [5, 5.41) is 8.91. The molecule has 1 aliphatic heterocycles. The zero-order chi connectivity index (χ0) is 12.6. The highest BCUT2D eigenvalue weighted by Gasteiger charge is 2.26. The number of hydrogen-bond donors (Lipinski definition) is 1. The van der Waals surface area contributed by atoms with Gasteiger partial charge in [0.05, 0.1) is 5.56 Å². The summed E-state index contributed by atoms with van der Waals surface area (Å²) >= 11 is 0. The van der Waals surface area contributed by atoms with Crippen molar-refractivity contribution in [2.75, 3.05) is 11.4 Å². The average Bonchev–Trinajstić information content (AvgIpc) is 2.57. The van der Waals surface area contributed by atoms with Crippen molar-refractivity contribution in [1.82, 2.24) is 0 Å². The number of nitrogens with zero attached hydrogens (tertiary/aromatic N) is 1. The van der Waals surface area contributed by atoms with E-state index in [-0.39, 0.29) is 11.5 Å². The molecule has 0 atom stereocenters. The Morgan fingerprint density at radius 3 is 2.59 bits per heavy atom. The number of amides is 1. The van der Waals surface area contributed by atoms with Crippen molar-refractivity contribution in [3.05, 3.63) is 41.0 Å². The third-order valence-electron chi connectivity index (χ3n) is 3.01. The molecule has 1 aromatic carbocycles. The molecule has 0 bridgehead atoms. The van der Waals surface area contributed by atoms with Gasteiger partial charge in [-0.1, -0.05) is 6.07 Å². The molecule has 0 aliphatic carbocycles. The number of aromatic carboxylic acids is 1. The smallest absolute Gasteiger partial charge is 0.335 e. The Hall–Kier alpha value is -2.10. The topological polar surface area (TPSA) is 57.6 Å². The molecule has 0 saturated heterocycles. The molecule has 1 N–H and O–H groups in total. The fourth-order valence-corrected chi connectivity index (χ4v) is 1.83. The maximum atomic E-state index is 11.9. The highest BCUT2D eigenvalue weighted by Crippen LogP contribution is 2.25. The quantitative estimate of drug-likeness (QED) is 0.847. The minimum absolute atomic E-state index is 0.0509. The SMILES string of the molecule is CC1=C(C)C(=O)N(c2cccc(C(=O)O)c2)C1. The zero-order valence-corrected chi connectivity index (χ0v) is 9.73. The van der Waals surface area contributed by atoms with Crippen LogP contribution < -0.4 is 4.90 Å². The van der Waals surface area contributed by atoms with Gasteiger partial charge in [-0.25, -0.2) is 4.79 Å². The maximum absolute atomic E-state index is 11.9. The second kappa shape index (κ2) is 4.05. The van der Waals surface area contributed by atoms with E-state index in [0.717, 1.165) is 11.1 Å². The summed E-state index contributed by atoms with van der Waals surface area (Å²) in [4.78, 5) is 24.4. The Morgan fingerprint density at radius 2 is 2.06 bits per heavy atom. The van der Waals surface area contributed by atoms with Gasteiger partial charge in [0.1, 0.15) is 0 Å². The van der Waals surface area contributed by atoms with Crippen molar-refractivity contribution < 1.29 is 14.7 Å². The van der Waals surface area contributed by atoms with Crippen LogP contribution in [0.4, 0.5) is 5.69 Å². The molecule has 0 aromatic heterocycles. The van der Waals surface area contributed by atoms with Crippen molar-refractivity contribution in [1.29, 1.82) is 0 Å². The van der Waals surface area contributed by atoms with E-state index in [1.54, 1.807) is 24.0 Å². The number of benzene rings is 1.